The maximum Gasteiger partial charge on any atom is 0.161 e. The first-order valence-corrected chi connectivity index (χ1v) is 7.17. The largest absolute Gasteiger partial charge is 0.493 e. The Bertz CT molecular complexity index is 379. The van der Waals surface area contributed by atoms with Crippen molar-refractivity contribution in [1.82, 2.24) is 14.7 Å². The fourth-order valence-electron chi connectivity index (χ4n) is 2.07. The van der Waals surface area contributed by atoms with Crippen molar-refractivity contribution in [2.75, 3.05) is 41.0 Å². The third kappa shape index (κ3) is 5.11. The first-order chi connectivity index (χ1) is 9.60. The first-order valence-electron chi connectivity index (χ1n) is 7.17. The minimum absolute atomic E-state index is 0.0740. The quantitative estimate of drug-likeness (QED) is 0.655. The minimum Gasteiger partial charge on any atom is -0.493 e. The van der Waals surface area contributed by atoms with E-state index < -0.39 is 0 Å². The molecule has 6 nitrogen and oxygen atoms in total. The van der Waals surface area contributed by atoms with E-state index in [1.807, 2.05) is 25.7 Å². The van der Waals surface area contributed by atoms with Crippen molar-refractivity contribution < 1.29 is 9.47 Å². The van der Waals surface area contributed by atoms with Crippen LogP contribution in [0.1, 0.15) is 31.5 Å². The number of likely N-dealkylation sites (N-methyl/N-ethyl adjacent to an activating group) is 1. The van der Waals surface area contributed by atoms with E-state index in [1.54, 1.807) is 13.3 Å². The van der Waals surface area contributed by atoms with Crippen molar-refractivity contribution in [3.05, 3.63) is 11.9 Å². The lowest BCUT2D eigenvalue weighted by Crippen LogP contribution is -2.23. The van der Waals surface area contributed by atoms with Gasteiger partial charge in [-0.3, -0.25) is 4.68 Å². The summed E-state index contributed by atoms with van der Waals surface area (Å²) in [6.07, 6.45) is 3.55. The van der Waals surface area contributed by atoms with Gasteiger partial charge in [-0.25, -0.2) is 0 Å². The van der Waals surface area contributed by atoms with Crippen LogP contribution in [-0.2, 0) is 11.3 Å². The third-order valence-corrected chi connectivity index (χ3v) is 3.18. The molecule has 1 aromatic heterocycles. The van der Waals surface area contributed by atoms with E-state index in [-0.39, 0.29) is 6.04 Å². The summed E-state index contributed by atoms with van der Waals surface area (Å²) in [4.78, 5) is 2.12. The van der Waals surface area contributed by atoms with E-state index in [9.17, 15) is 0 Å². The summed E-state index contributed by atoms with van der Waals surface area (Å²) >= 11 is 0. The van der Waals surface area contributed by atoms with Crippen LogP contribution in [0.25, 0.3) is 0 Å². The molecule has 1 atom stereocenters. The van der Waals surface area contributed by atoms with E-state index in [0.29, 0.717) is 0 Å². The number of methoxy groups -OCH3 is 1. The van der Waals surface area contributed by atoms with Gasteiger partial charge in [0, 0.05) is 19.8 Å². The topological polar surface area (TPSA) is 65.5 Å². The average molecular weight is 284 g/mol. The van der Waals surface area contributed by atoms with Crippen LogP contribution in [0.2, 0.25) is 0 Å². The van der Waals surface area contributed by atoms with Crippen LogP contribution in [0.4, 0.5) is 0 Å². The van der Waals surface area contributed by atoms with Gasteiger partial charge in [0.05, 0.1) is 31.6 Å². The van der Waals surface area contributed by atoms with E-state index in [4.69, 9.17) is 15.2 Å². The number of nitrogens with two attached hydrogens (primary N) is 1. The summed E-state index contributed by atoms with van der Waals surface area (Å²) < 4.78 is 12.7. The maximum atomic E-state index is 6.30. The highest BCUT2D eigenvalue weighted by atomic mass is 16.5. The van der Waals surface area contributed by atoms with E-state index in [2.05, 4.69) is 10.00 Å². The Morgan fingerprint density at radius 1 is 1.45 bits per heavy atom. The predicted molar refractivity (Wildman–Crippen MR) is 80.0 cm³/mol. The van der Waals surface area contributed by atoms with Crippen LogP contribution >= 0.6 is 0 Å². The lowest BCUT2D eigenvalue weighted by molar-refractivity contribution is 0.141. The van der Waals surface area contributed by atoms with E-state index in [1.165, 1.54) is 0 Å². The lowest BCUT2D eigenvalue weighted by atomic mass is 10.1. The Labute approximate surface area is 121 Å². The number of hydrogen-bond acceptors (Lipinski definition) is 5. The van der Waals surface area contributed by atoms with Crippen molar-refractivity contribution in [2.24, 2.45) is 5.73 Å². The summed E-state index contributed by atoms with van der Waals surface area (Å²) in [5, 5.41) is 4.38. The van der Waals surface area contributed by atoms with Crippen molar-refractivity contribution >= 4 is 0 Å². The van der Waals surface area contributed by atoms with Gasteiger partial charge < -0.3 is 20.1 Å². The highest BCUT2D eigenvalue weighted by Gasteiger charge is 2.18. The van der Waals surface area contributed by atoms with Crippen molar-refractivity contribution in [3.8, 4) is 5.75 Å². The molecule has 6 heteroatoms. The van der Waals surface area contributed by atoms with Crippen LogP contribution in [0.3, 0.4) is 0 Å². The molecule has 0 aromatic carbocycles. The summed E-state index contributed by atoms with van der Waals surface area (Å²) in [7, 11) is 5.74. The Morgan fingerprint density at radius 3 is 2.80 bits per heavy atom. The first kappa shape index (κ1) is 16.9. The zero-order valence-corrected chi connectivity index (χ0v) is 13.1. The van der Waals surface area contributed by atoms with E-state index in [0.717, 1.165) is 50.6 Å². The number of aromatic nitrogens is 2. The van der Waals surface area contributed by atoms with Crippen LogP contribution in [-0.4, -0.2) is 55.6 Å². The number of nitrogens with zero attached hydrogens (tertiary/aromatic N) is 3. The molecule has 2 N–H and O–H groups in total. The van der Waals surface area contributed by atoms with Crippen LogP contribution < -0.4 is 10.5 Å². The molecule has 1 unspecified atom stereocenters. The van der Waals surface area contributed by atoms with Crippen molar-refractivity contribution in [1.29, 1.82) is 0 Å². The normalized spacial score (nSPS) is 12.9. The van der Waals surface area contributed by atoms with Gasteiger partial charge in [0.25, 0.3) is 0 Å². The molecule has 0 aliphatic heterocycles. The fourth-order valence-corrected chi connectivity index (χ4v) is 2.07. The lowest BCUT2D eigenvalue weighted by Gasteiger charge is -2.17. The molecule has 0 fully saturated rings. The summed E-state index contributed by atoms with van der Waals surface area (Å²) in [5.41, 5.74) is 7.27. The average Bonchev–Trinajstić information content (AvgIpc) is 2.84. The molecule has 0 radical (unpaired) electrons. The van der Waals surface area contributed by atoms with Gasteiger partial charge in [0.1, 0.15) is 0 Å². The molecule has 0 saturated carbocycles. The highest BCUT2D eigenvalue weighted by molar-refractivity contribution is 5.28. The second kappa shape index (κ2) is 8.94. The van der Waals surface area contributed by atoms with Crippen LogP contribution in [0.5, 0.6) is 5.75 Å². The molecule has 0 spiro atoms. The van der Waals surface area contributed by atoms with Crippen LogP contribution in [0.15, 0.2) is 6.20 Å². The van der Waals surface area contributed by atoms with Gasteiger partial charge in [-0.15, -0.1) is 0 Å². The highest BCUT2D eigenvalue weighted by Crippen LogP contribution is 2.26. The zero-order chi connectivity index (χ0) is 15.0. The fraction of sp³-hybridized carbons (Fsp3) is 0.786. The number of ether oxygens (including phenoxy) is 2. The Balaban J connectivity index is 2.66. The predicted octanol–water partition coefficient (Wildman–Crippen LogP) is 1.27. The SMILES string of the molecule is CCOCCCC(N)c1c(OC)cnn1CCN(C)C. The molecule has 0 aliphatic carbocycles. The maximum absolute atomic E-state index is 6.30. The minimum atomic E-state index is -0.0740. The van der Waals surface area contributed by atoms with Gasteiger partial charge >= 0.3 is 0 Å². The molecule has 0 bridgehead atoms. The second-order valence-corrected chi connectivity index (χ2v) is 5.07. The van der Waals surface area contributed by atoms with Gasteiger partial charge in [-0.05, 0) is 33.9 Å². The molecular formula is C14H28N4O2. The molecule has 0 saturated heterocycles. The molecule has 0 amide bonds. The Morgan fingerprint density at radius 2 is 2.20 bits per heavy atom. The monoisotopic (exact) mass is 284 g/mol. The Kier molecular flexibility index (Phi) is 7.58. The van der Waals surface area contributed by atoms with E-state index >= 15 is 0 Å². The molecule has 1 rings (SSSR count). The van der Waals surface area contributed by atoms with Gasteiger partial charge in [0.15, 0.2) is 5.75 Å². The van der Waals surface area contributed by atoms with Crippen molar-refractivity contribution in [3.63, 3.8) is 0 Å². The van der Waals surface area contributed by atoms with Crippen molar-refractivity contribution in [2.45, 2.75) is 32.4 Å². The smallest absolute Gasteiger partial charge is 0.161 e. The summed E-state index contributed by atoms with van der Waals surface area (Å²) in [6, 6.07) is -0.0740. The summed E-state index contributed by atoms with van der Waals surface area (Å²) in [6.45, 7) is 5.23. The third-order valence-electron chi connectivity index (χ3n) is 3.18. The van der Waals surface area contributed by atoms with Gasteiger partial charge in [-0.2, -0.15) is 5.10 Å². The van der Waals surface area contributed by atoms with Gasteiger partial charge in [-0.1, -0.05) is 0 Å². The molecule has 116 valence electrons. The second-order valence-electron chi connectivity index (χ2n) is 5.07. The standard InChI is InChI=1S/C14H28N4O2/c1-5-20-10-6-7-12(15)14-13(19-4)11-16-18(14)9-8-17(2)3/h11-12H,5-10,15H2,1-4H3. The number of hydrogen-bond donors (Lipinski definition) is 1. The summed E-state index contributed by atoms with van der Waals surface area (Å²) in [5.74, 6) is 0.771. The Hall–Kier alpha value is -1.11. The van der Waals surface area contributed by atoms with Gasteiger partial charge in [0.2, 0.25) is 0 Å². The molecule has 20 heavy (non-hydrogen) atoms. The van der Waals surface area contributed by atoms with Crippen LogP contribution in [0, 0.1) is 0 Å². The molecule has 0 aliphatic rings. The molecule has 1 aromatic rings. The molecular weight excluding hydrogens is 256 g/mol. The zero-order valence-electron chi connectivity index (χ0n) is 13.1. The number of rotatable bonds is 10. The molecule has 1 heterocycles.